The molecule has 0 aromatic rings. The highest BCUT2D eigenvalue weighted by molar-refractivity contribution is 6.33. The van der Waals surface area contributed by atoms with Crippen LogP contribution in [-0.2, 0) is 4.79 Å². The third-order valence-corrected chi connectivity index (χ3v) is 2.94. The molecule has 0 heterocycles. The van der Waals surface area contributed by atoms with Crippen LogP contribution in [0.25, 0.3) is 4.85 Å². The van der Waals surface area contributed by atoms with Gasteiger partial charge in [0, 0.05) is 23.1 Å². The molecule has 4 heteroatoms. The zero-order valence-corrected chi connectivity index (χ0v) is 9.25. The van der Waals surface area contributed by atoms with E-state index in [-0.39, 0.29) is 22.0 Å². The smallest absolute Gasteiger partial charge is 0.302 e. The van der Waals surface area contributed by atoms with Crippen LogP contribution >= 0.6 is 0 Å². The Kier molecular flexibility index (Phi) is 6.39. The summed E-state index contributed by atoms with van der Waals surface area (Å²) in [7, 11) is 1.91. The van der Waals surface area contributed by atoms with Crippen LogP contribution in [0, 0.1) is 6.57 Å². The third-order valence-electron chi connectivity index (χ3n) is 1.74. The molecule has 0 N–H and O–H groups in total. The van der Waals surface area contributed by atoms with Gasteiger partial charge in [0.1, 0.15) is 0 Å². The van der Waals surface area contributed by atoms with E-state index in [0.29, 0.717) is 0 Å². The Labute approximate surface area is 76.4 Å². The highest BCUT2D eigenvalue weighted by Gasteiger charge is 2.09. The molecule has 0 saturated carbocycles. The standard InChI is InChI=1S/C8H16N2OSi/c1-9-7-8(11)10(2)5-4-6-12-3/h4-7,12H2,2-3H3. The lowest BCUT2D eigenvalue weighted by molar-refractivity contribution is -0.127. The van der Waals surface area contributed by atoms with E-state index in [1.165, 1.54) is 6.04 Å². The SMILES string of the molecule is [C-]#[N+]CC(=O)N(C)CCC[SiH2]C. The maximum atomic E-state index is 11.1. The fourth-order valence-corrected chi connectivity index (χ4v) is 1.64. The summed E-state index contributed by atoms with van der Waals surface area (Å²) in [4.78, 5) is 15.8. The van der Waals surface area contributed by atoms with Crippen molar-refractivity contribution < 1.29 is 4.79 Å². The predicted molar refractivity (Wildman–Crippen MR) is 52.9 cm³/mol. The minimum atomic E-state index is -0.0530. The molecule has 0 radical (unpaired) electrons. The fourth-order valence-electron chi connectivity index (χ4n) is 0.912. The zero-order chi connectivity index (χ0) is 9.40. The lowest BCUT2D eigenvalue weighted by atomic mass is 10.4. The molecular weight excluding hydrogens is 168 g/mol. The van der Waals surface area contributed by atoms with Gasteiger partial charge in [-0.15, -0.1) is 0 Å². The van der Waals surface area contributed by atoms with E-state index >= 15 is 0 Å². The Balaban J connectivity index is 3.51. The Morgan fingerprint density at radius 1 is 1.67 bits per heavy atom. The van der Waals surface area contributed by atoms with Crippen molar-refractivity contribution in [2.24, 2.45) is 0 Å². The highest BCUT2D eigenvalue weighted by Crippen LogP contribution is 1.93. The first-order valence-electron chi connectivity index (χ1n) is 4.29. The Morgan fingerprint density at radius 3 is 2.83 bits per heavy atom. The van der Waals surface area contributed by atoms with E-state index in [4.69, 9.17) is 6.57 Å². The summed E-state index contributed by atoms with van der Waals surface area (Å²) in [5, 5.41) is 0. The summed E-state index contributed by atoms with van der Waals surface area (Å²) in [5.41, 5.74) is 0. The lowest BCUT2D eigenvalue weighted by Gasteiger charge is -2.13. The summed E-state index contributed by atoms with van der Waals surface area (Å²) in [6, 6.07) is 1.29. The molecule has 0 aromatic heterocycles. The summed E-state index contributed by atoms with van der Waals surface area (Å²) in [6.45, 7) is 9.60. The number of carbonyl (C=O) groups is 1. The van der Waals surface area contributed by atoms with Crippen molar-refractivity contribution in [1.82, 2.24) is 4.90 Å². The third kappa shape index (κ3) is 4.91. The summed E-state index contributed by atoms with van der Waals surface area (Å²) in [6.07, 6.45) is 1.10. The van der Waals surface area contributed by atoms with E-state index in [2.05, 4.69) is 11.4 Å². The van der Waals surface area contributed by atoms with Gasteiger partial charge < -0.3 is 9.74 Å². The summed E-state index contributed by atoms with van der Waals surface area (Å²) < 4.78 is 0. The average molecular weight is 184 g/mol. The molecule has 0 fully saturated rings. The molecule has 0 aliphatic rings. The number of likely N-dealkylation sites (N-methyl/N-ethyl adjacent to an activating group) is 1. The van der Waals surface area contributed by atoms with E-state index in [9.17, 15) is 4.79 Å². The number of hydrogen-bond donors (Lipinski definition) is 0. The molecule has 0 atom stereocenters. The predicted octanol–water partition coefficient (Wildman–Crippen LogP) is 0.389. The van der Waals surface area contributed by atoms with Gasteiger partial charge in [0.15, 0.2) is 0 Å². The van der Waals surface area contributed by atoms with Gasteiger partial charge in [-0.1, -0.05) is 12.6 Å². The van der Waals surface area contributed by atoms with Crippen LogP contribution in [-0.4, -0.2) is 40.5 Å². The number of carbonyl (C=O) groups excluding carboxylic acids is 1. The second kappa shape index (κ2) is 6.86. The average Bonchev–Trinajstić information content (AvgIpc) is 2.05. The van der Waals surface area contributed by atoms with Gasteiger partial charge in [-0.25, -0.2) is 6.57 Å². The van der Waals surface area contributed by atoms with Crippen LogP contribution in [0.4, 0.5) is 0 Å². The number of nitrogens with zero attached hydrogens (tertiary/aromatic N) is 2. The summed E-state index contributed by atoms with van der Waals surface area (Å²) >= 11 is 0. The van der Waals surface area contributed by atoms with Crippen molar-refractivity contribution in [3.8, 4) is 0 Å². The molecule has 12 heavy (non-hydrogen) atoms. The van der Waals surface area contributed by atoms with E-state index < -0.39 is 0 Å². The van der Waals surface area contributed by atoms with E-state index in [1.54, 1.807) is 11.9 Å². The first-order valence-corrected chi connectivity index (χ1v) is 6.71. The molecule has 0 aromatic carbocycles. The molecule has 0 spiro atoms. The Bertz CT molecular complexity index is 176. The van der Waals surface area contributed by atoms with Crippen LogP contribution in [0.3, 0.4) is 0 Å². The molecular formula is C8H16N2OSi. The van der Waals surface area contributed by atoms with Gasteiger partial charge in [0.2, 0.25) is 0 Å². The largest absolute Gasteiger partial charge is 0.339 e. The van der Waals surface area contributed by atoms with Gasteiger partial charge >= 0.3 is 5.91 Å². The number of rotatable bonds is 5. The van der Waals surface area contributed by atoms with Crippen molar-refractivity contribution >= 4 is 15.4 Å². The fraction of sp³-hybridized carbons (Fsp3) is 0.750. The maximum absolute atomic E-state index is 11.1. The van der Waals surface area contributed by atoms with Crippen LogP contribution in [0.15, 0.2) is 0 Å². The number of amides is 1. The molecule has 0 aliphatic carbocycles. The van der Waals surface area contributed by atoms with E-state index in [0.717, 1.165) is 13.0 Å². The van der Waals surface area contributed by atoms with Crippen LogP contribution in [0.5, 0.6) is 0 Å². The monoisotopic (exact) mass is 184 g/mol. The maximum Gasteiger partial charge on any atom is 0.302 e. The van der Waals surface area contributed by atoms with Crippen molar-refractivity contribution in [2.45, 2.75) is 19.0 Å². The highest BCUT2D eigenvalue weighted by atomic mass is 28.2. The molecule has 0 bridgehead atoms. The molecule has 0 rings (SSSR count). The van der Waals surface area contributed by atoms with Gasteiger partial charge in [-0.2, -0.15) is 0 Å². The second-order valence-electron chi connectivity index (χ2n) is 2.84. The Hall–Kier alpha value is -0.823. The van der Waals surface area contributed by atoms with Crippen molar-refractivity contribution in [1.29, 1.82) is 0 Å². The quantitative estimate of drug-likeness (QED) is 0.345. The first kappa shape index (κ1) is 11.2. The second-order valence-corrected chi connectivity index (χ2v) is 4.55. The molecule has 3 nitrogen and oxygen atoms in total. The minimum Gasteiger partial charge on any atom is -0.339 e. The van der Waals surface area contributed by atoms with Crippen LogP contribution < -0.4 is 0 Å². The summed E-state index contributed by atoms with van der Waals surface area (Å²) in [5.74, 6) is -0.0530. The zero-order valence-electron chi connectivity index (χ0n) is 7.84. The number of hydrogen-bond acceptors (Lipinski definition) is 1. The molecule has 1 amide bonds. The Morgan fingerprint density at radius 2 is 2.33 bits per heavy atom. The van der Waals surface area contributed by atoms with Crippen molar-refractivity contribution in [2.75, 3.05) is 20.1 Å². The topological polar surface area (TPSA) is 24.7 Å². The van der Waals surface area contributed by atoms with Gasteiger partial charge in [-0.05, 0) is 6.42 Å². The van der Waals surface area contributed by atoms with Crippen LogP contribution in [0.2, 0.25) is 12.6 Å². The van der Waals surface area contributed by atoms with Gasteiger partial charge in [-0.3, -0.25) is 4.79 Å². The van der Waals surface area contributed by atoms with Crippen molar-refractivity contribution in [3.63, 3.8) is 0 Å². The van der Waals surface area contributed by atoms with Crippen molar-refractivity contribution in [3.05, 3.63) is 11.4 Å². The van der Waals surface area contributed by atoms with Gasteiger partial charge in [0.25, 0.3) is 6.54 Å². The molecule has 0 aliphatic heterocycles. The van der Waals surface area contributed by atoms with Gasteiger partial charge in [0.05, 0.1) is 0 Å². The molecule has 0 unspecified atom stereocenters. The first-order chi connectivity index (χ1) is 5.72. The lowest BCUT2D eigenvalue weighted by Crippen LogP contribution is -2.29. The van der Waals surface area contributed by atoms with Crippen LogP contribution in [0.1, 0.15) is 6.42 Å². The molecule has 68 valence electrons. The van der Waals surface area contributed by atoms with E-state index in [1.807, 2.05) is 0 Å². The molecule has 0 saturated heterocycles. The minimum absolute atomic E-state index is 0.0000531. The normalized spacial score (nSPS) is 10.1.